The van der Waals surface area contributed by atoms with Gasteiger partial charge in [-0.3, -0.25) is 14.4 Å². The monoisotopic (exact) mass is 692 g/mol. The van der Waals surface area contributed by atoms with Crippen LogP contribution >= 0.6 is 0 Å². The molecule has 10 nitrogen and oxygen atoms in total. The van der Waals surface area contributed by atoms with Gasteiger partial charge in [0, 0.05) is 30.1 Å². The van der Waals surface area contributed by atoms with Gasteiger partial charge in [-0.25, -0.2) is 15.0 Å². The van der Waals surface area contributed by atoms with Gasteiger partial charge in [-0.1, -0.05) is 68.4 Å². The Balaban J connectivity index is 0.000000212. The van der Waals surface area contributed by atoms with Crippen molar-refractivity contribution < 1.29 is 29.3 Å². The van der Waals surface area contributed by atoms with E-state index in [0.717, 1.165) is 44.2 Å². The maximum atomic E-state index is 12.6. The van der Waals surface area contributed by atoms with E-state index in [9.17, 15) is 24.6 Å². The maximum Gasteiger partial charge on any atom is 0.270 e. The molecule has 0 spiro atoms. The van der Waals surface area contributed by atoms with E-state index in [0.29, 0.717) is 41.5 Å². The number of aromatic nitrogens is 3. The van der Waals surface area contributed by atoms with Gasteiger partial charge in [0.15, 0.2) is 12.6 Å². The van der Waals surface area contributed by atoms with Crippen molar-refractivity contribution in [3.05, 3.63) is 144 Å². The van der Waals surface area contributed by atoms with Crippen LogP contribution in [0.15, 0.2) is 122 Å². The standard InChI is InChI=1S/C25H20N2O4.C15H10N2O2.C2H6/c1-31-19-9-5-16(6-10-19)14-26-25(30)23-4-2-3-22(27-23)18-7-11-20-17(13-18)8-12-24(29)21(20)15-28;18-8-14-13-5-11(12-6-16-9-17-7-12)2-1-10(13)3-4-15(14)19;1-2/h2-13,15,29H,14H2,1H3,(H,26,30);1-9,19H;1-2H3. The van der Waals surface area contributed by atoms with Gasteiger partial charge in [0.2, 0.25) is 0 Å². The number of nitrogens with one attached hydrogen (secondary N) is 1. The van der Waals surface area contributed by atoms with Gasteiger partial charge >= 0.3 is 0 Å². The van der Waals surface area contributed by atoms with E-state index in [2.05, 4.69) is 20.3 Å². The van der Waals surface area contributed by atoms with Gasteiger partial charge in [-0.15, -0.1) is 0 Å². The molecule has 1 amide bonds. The number of aromatic hydroxyl groups is 2. The second-order valence-electron chi connectivity index (χ2n) is 11.2. The van der Waals surface area contributed by atoms with Gasteiger partial charge < -0.3 is 20.3 Å². The topological polar surface area (TPSA) is 152 Å². The van der Waals surface area contributed by atoms with Gasteiger partial charge in [0.1, 0.15) is 29.3 Å². The molecule has 2 aromatic heterocycles. The molecular weight excluding hydrogens is 656 g/mol. The van der Waals surface area contributed by atoms with Crippen LogP contribution in [-0.4, -0.2) is 50.8 Å². The summed E-state index contributed by atoms with van der Waals surface area (Å²) in [5.41, 5.74) is 5.03. The third kappa shape index (κ3) is 8.26. The van der Waals surface area contributed by atoms with Crippen LogP contribution in [0.1, 0.15) is 50.6 Å². The number of fused-ring (bicyclic) bond motifs is 2. The number of amides is 1. The summed E-state index contributed by atoms with van der Waals surface area (Å²) in [5.74, 6) is 0.426. The fraction of sp³-hybridized carbons (Fsp3) is 0.0952. The zero-order valence-electron chi connectivity index (χ0n) is 28.8. The van der Waals surface area contributed by atoms with Gasteiger partial charge in [0.05, 0.1) is 23.9 Å². The van der Waals surface area contributed by atoms with E-state index in [1.807, 2.05) is 74.5 Å². The van der Waals surface area contributed by atoms with Crippen LogP contribution in [-0.2, 0) is 6.54 Å². The number of carbonyl (C=O) groups is 3. The molecule has 52 heavy (non-hydrogen) atoms. The van der Waals surface area contributed by atoms with Gasteiger partial charge in [-0.2, -0.15) is 0 Å². The Bertz CT molecular complexity index is 2350. The second kappa shape index (κ2) is 17.1. The molecule has 3 N–H and O–H groups in total. The number of hydrogen-bond donors (Lipinski definition) is 3. The summed E-state index contributed by atoms with van der Waals surface area (Å²) in [6.45, 7) is 4.38. The summed E-state index contributed by atoms with van der Waals surface area (Å²) in [5, 5.41) is 25.5. The average Bonchev–Trinajstić information content (AvgIpc) is 3.21. The first-order valence-electron chi connectivity index (χ1n) is 16.4. The third-order valence-corrected chi connectivity index (χ3v) is 8.10. The average molecular weight is 693 g/mol. The fourth-order valence-electron chi connectivity index (χ4n) is 5.45. The van der Waals surface area contributed by atoms with Gasteiger partial charge in [0.25, 0.3) is 5.91 Å². The predicted octanol–water partition coefficient (Wildman–Crippen LogP) is 8.20. The lowest BCUT2D eigenvalue weighted by Gasteiger charge is -2.09. The number of rotatable bonds is 8. The van der Waals surface area contributed by atoms with Crippen LogP contribution in [0, 0.1) is 0 Å². The number of phenolic OH excluding ortho intramolecular Hbond substituents is 2. The lowest BCUT2D eigenvalue weighted by molar-refractivity contribution is 0.0945. The van der Waals surface area contributed by atoms with Crippen LogP contribution in [0.25, 0.3) is 43.9 Å². The Morgan fingerprint density at radius 1 is 0.712 bits per heavy atom. The van der Waals surface area contributed by atoms with Crippen LogP contribution in [0.4, 0.5) is 0 Å². The highest BCUT2D eigenvalue weighted by atomic mass is 16.5. The fourth-order valence-corrected chi connectivity index (χ4v) is 5.45. The first-order chi connectivity index (χ1) is 25.4. The molecule has 260 valence electrons. The Kier molecular flexibility index (Phi) is 12.0. The van der Waals surface area contributed by atoms with Crippen molar-refractivity contribution in [3.8, 4) is 39.6 Å². The lowest BCUT2D eigenvalue weighted by atomic mass is 9.99. The number of aldehydes is 2. The van der Waals surface area contributed by atoms with Crippen LogP contribution in [0.5, 0.6) is 17.2 Å². The number of hydrogen-bond acceptors (Lipinski definition) is 9. The summed E-state index contributed by atoms with van der Waals surface area (Å²) in [6, 6.07) is 30.4. The molecule has 0 fully saturated rings. The number of carbonyl (C=O) groups excluding carboxylic acids is 3. The highest BCUT2D eigenvalue weighted by molar-refractivity contribution is 6.03. The lowest BCUT2D eigenvalue weighted by Crippen LogP contribution is -2.23. The molecule has 5 aromatic carbocycles. The molecule has 0 aliphatic rings. The summed E-state index contributed by atoms with van der Waals surface area (Å²) in [6.07, 6.45) is 6.19. The van der Waals surface area contributed by atoms with E-state index in [4.69, 9.17) is 4.74 Å². The van der Waals surface area contributed by atoms with Crippen LogP contribution < -0.4 is 10.1 Å². The molecule has 0 saturated heterocycles. The van der Waals surface area contributed by atoms with E-state index in [1.54, 1.807) is 49.8 Å². The zero-order valence-corrected chi connectivity index (χ0v) is 28.8. The number of phenols is 2. The summed E-state index contributed by atoms with van der Waals surface area (Å²) < 4.78 is 5.14. The molecule has 2 heterocycles. The van der Waals surface area contributed by atoms with Crippen molar-refractivity contribution >= 4 is 40.0 Å². The summed E-state index contributed by atoms with van der Waals surface area (Å²) in [4.78, 5) is 47.4. The van der Waals surface area contributed by atoms with Gasteiger partial charge in [-0.05, 0) is 81.2 Å². The zero-order chi connectivity index (χ0) is 37.0. The van der Waals surface area contributed by atoms with E-state index in [-0.39, 0.29) is 23.0 Å². The second-order valence-corrected chi connectivity index (χ2v) is 11.2. The molecule has 0 unspecified atom stereocenters. The molecule has 0 atom stereocenters. The van der Waals surface area contributed by atoms with Crippen molar-refractivity contribution in [2.75, 3.05) is 7.11 Å². The number of pyridine rings is 1. The molecule has 0 radical (unpaired) electrons. The molecule has 10 heteroatoms. The molecule has 0 aliphatic carbocycles. The largest absolute Gasteiger partial charge is 0.507 e. The Morgan fingerprint density at radius 3 is 2.02 bits per heavy atom. The Labute approximate surface area is 300 Å². The SMILES string of the molecule is CC.COc1ccc(CNC(=O)c2cccc(-c3ccc4c(C=O)c(O)ccc4c3)n2)cc1.O=Cc1c(O)ccc2ccc(-c3cncnc3)cc12. The summed E-state index contributed by atoms with van der Waals surface area (Å²) >= 11 is 0. The number of nitrogens with zero attached hydrogens (tertiary/aromatic N) is 3. The highest BCUT2D eigenvalue weighted by Crippen LogP contribution is 2.31. The predicted molar refractivity (Wildman–Crippen MR) is 202 cm³/mol. The third-order valence-electron chi connectivity index (χ3n) is 8.10. The molecule has 7 aromatic rings. The first-order valence-corrected chi connectivity index (χ1v) is 16.4. The normalized spacial score (nSPS) is 10.3. The van der Waals surface area contributed by atoms with Crippen molar-refractivity contribution in [1.82, 2.24) is 20.3 Å². The molecule has 0 saturated carbocycles. The smallest absolute Gasteiger partial charge is 0.270 e. The Morgan fingerprint density at radius 2 is 1.35 bits per heavy atom. The number of methoxy groups -OCH3 is 1. The van der Waals surface area contributed by atoms with Crippen molar-refractivity contribution in [2.24, 2.45) is 0 Å². The minimum Gasteiger partial charge on any atom is -0.507 e. The van der Waals surface area contributed by atoms with E-state index < -0.39 is 0 Å². The Hall–Kier alpha value is -6.94. The van der Waals surface area contributed by atoms with E-state index in [1.165, 1.54) is 18.5 Å². The van der Waals surface area contributed by atoms with Crippen LogP contribution in [0.2, 0.25) is 0 Å². The quantitative estimate of drug-likeness (QED) is 0.134. The molecular formula is C42H36N4O6. The van der Waals surface area contributed by atoms with Crippen molar-refractivity contribution in [1.29, 1.82) is 0 Å². The number of benzene rings is 5. The van der Waals surface area contributed by atoms with E-state index >= 15 is 0 Å². The minimum absolute atomic E-state index is 0.0102. The summed E-state index contributed by atoms with van der Waals surface area (Å²) in [7, 11) is 1.61. The maximum absolute atomic E-state index is 12.6. The minimum atomic E-state index is -0.272. The molecule has 0 aliphatic heterocycles. The van der Waals surface area contributed by atoms with Crippen LogP contribution in [0.3, 0.4) is 0 Å². The number of ether oxygens (including phenoxy) is 1. The molecule has 0 bridgehead atoms. The van der Waals surface area contributed by atoms with Crippen molar-refractivity contribution in [3.63, 3.8) is 0 Å². The first kappa shape index (κ1) is 36.3. The highest BCUT2D eigenvalue weighted by Gasteiger charge is 2.12. The molecule has 7 rings (SSSR count). The van der Waals surface area contributed by atoms with Crippen molar-refractivity contribution in [2.45, 2.75) is 20.4 Å².